The van der Waals surface area contributed by atoms with Gasteiger partial charge in [0.1, 0.15) is 5.75 Å². The molecule has 166 valence electrons. The zero-order valence-electron chi connectivity index (χ0n) is 17.7. The summed E-state index contributed by atoms with van der Waals surface area (Å²) < 4.78 is 10.5. The predicted molar refractivity (Wildman–Crippen MR) is 120 cm³/mol. The lowest BCUT2D eigenvalue weighted by molar-refractivity contribution is -0.114. The first-order chi connectivity index (χ1) is 14.9. The molecule has 0 radical (unpaired) electrons. The van der Waals surface area contributed by atoms with Crippen molar-refractivity contribution in [2.75, 3.05) is 37.5 Å². The highest BCUT2D eigenvalue weighted by molar-refractivity contribution is 6.34. The second-order valence-electron chi connectivity index (χ2n) is 6.52. The van der Waals surface area contributed by atoms with Crippen molar-refractivity contribution in [3.8, 4) is 5.75 Å². The van der Waals surface area contributed by atoms with Crippen LogP contribution in [0.2, 0.25) is 5.02 Å². The maximum absolute atomic E-state index is 12.9. The van der Waals surface area contributed by atoms with Crippen LogP contribution in [0.1, 0.15) is 41.0 Å². The Morgan fingerprint density at radius 2 is 1.74 bits per heavy atom. The van der Waals surface area contributed by atoms with Gasteiger partial charge in [-0.15, -0.1) is 0 Å². The van der Waals surface area contributed by atoms with Crippen molar-refractivity contribution in [1.82, 2.24) is 5.32 Å². The summed E-state index contributed by atoms with van der Waals surface area (Å²) in [5, 5.41) is 8.30. The van der Waals surface area contributed by atoms with Crippen LogP contribution in [0, 0.1) is 0 Å². The van der Waals surface area contributed by atoms with E-state index in [-0.39, 0.29) is 28.1 Å². The summed E-state index contributed by atoms with van der Waals surface area (Å²) in [4.78, 5) is 36.8. The standard InChI is InChI=1S/C22H26ClN3O5/c1-4-31-11-7-10-24-21(28)15-8-5-6-9-18(15)26-22(29)16-12-17(23)19(25-14(2)27)13-20(16)30-3/h5-6,8-9,12-13H,4,7,10-11H2,1-3H3,(H,24,28)(H,25,27)(H,26,29). The first-order valence-corrected chi connectivity index (χ1v) is 10.2. The van der Waals surface area contributed by atoms with Gasteiger partial charge in [0.05, 0.1) is 34.6 Å². The summed E-state index contributed by atoms with van der Waals surface area (Å²) in [6.07, 6.45) is 0.685. The van der Waals surface area contributed by atoms with Crippen molar-refractivity contribution in [3.05, 3.63) is 52.5 Å². The number of ether oxygens (including phenoxy) is 2. The van der Waals surface area contributed by atoms with Crippen molar-refractivity contribution in [2.45, 2.75) is 20.3 Å². The number of para-hydroxylation sites is 1. The van der Waals surface area contributed by atoms with E-state index in [1.807, 2.05) is 6.92 Å². The molecule has 2 aromatic rings. The van der Waals surface area contributed by atoms with E-state index in [9.17, 15) is 14.4 Å². The van der Waals surface area contributed by atoms with Gasteiger partial charge in [0.15, 0.2) is 0 Å². The van der Waals surface area contributed by atoms with Gasteiger partial charge in [-0.25, -0.2) is 0 Å². The highest BCUT2D eigenvalue weighted by Crippen LogP contribution is 2.31. The van der Waals surface area contributed by atoms with Gasteiger partial charge in [-0.2, -0.15) is 0 Å². The molecule has 0 fully saturated rings. The fourth-order valence-electron chi connectivity index (χ4n) is 2.78. The van der Waals surface area contributed by atoms with Crippen LogP contribution < -0.4 is 20.7 Å². The smallest absolute Gasteiger partial charge is 0.259 e. The van der Waals surface area contributed by atoms with Gasteiger partial charge >= 0.3 is 0 Å². The van der Waals surface area contributed by atoms with Crippen LogP contribution in [0.5, 0.6) is 5.75 Å². The Labute approximate surface area is 186 Å². The maximum Gasteiger partial charge on any atom is 0.259 e. The Hall–Kier alpha value is -3.10. The van der Waals surface area contributed by atoms with Crippen molar-refractivity contribution in [3.63, 3.8) is 0 Å². The topological polar surface area (TPSA) is 106 Å². The Morgan fingerprint density at radius 3 is 2.42 bits per heavy atom. The van der Waals surface area contributed by atoms with Crippen LogP contribution in [-0.4, -0.2) is 44.6 Å². The van der Waals surface area contributed by atoms with E-state index in [4.69, 9.17) is 21.1 Å². The molecule has 2 rings (SSSR count). The van der Waals surface area contributed by atoms with E-state index >= 15 is 0 Å². The Balaban J connectivity index is 2.18. The largest absolute Gasteiger partial charge is 0.496 e. The van der Waals surface area contributed by atoms with E-state index in [1.54, 1.807) is 24.3 Å². The normalized spacial score (nSPS) is 10.3. The first kappa shape index (κ1) is 24.2. The molecule has 3 N–H and O–H groups in total. The molecule has 0 aromatic heterocycles. The highest BCUT2D eigenvalue weighted by atomic mass is 35.5. The van der Waals surface area contributed by atoms with Crippen molar-refractivity contribution in [1.29, 1.82) is 0 Å². The van der Waals surface area contributed by atoms with Crippen molar-refractivity contribution in [2.24, 2.45) is 0 Å². The number of anilines is 2. The van der Waals surface area contributed by atoms with E-state index < -0.39 is 5.91 Å². The molecule has 8 nitrogen and oxygen atoms in total. The molecule has 0 atom stereocenters. The lowest BCUT2D eigenvalue weighted by Crippen LogP contribution is -2.27. The molecule has 31 heavy (non-hydrogen) atoms. The average molecular weight is 448 g/mol. The number of nitrogens with one attached hydrogen (secondary N) is 3. The second-order valence-corrected chi connectivity index (χ2v) is 6.93. The van der Waals surface area contributed by atoms with Gasteiger partial charge in [0.25, 0.3) is 11.8 Å². The molecule has 0 saturated heterocycles. The van der Waals surface area contributed by atoms with Crippen LogP contribution in [-0.2, 0) is 9.53 Å². The summed E-state index contributed by atoms with van der Waals surface area (Å²) in [6, 6.07) is 9.55. The summed E-state index contributed by atoms with van der Waals surface area (Å²) in [6.45, 7) is 4.90. The van der Waals surface area contributed by atoms with Gasteiger partial charge < -0.3 is 25.4 Å². The Kier molecular flexibility index (Phi) is 9.30. The predicted octanol–water partition coefficient (Wildman–Crippen LogP) is 3.72. The van der Waals surface area contributed by atoms with E-state index in [0.29, 0.717) is 43.1 Å². The zero-order valence-corrected chi connectivity index (χ0v) is 18.5. The first-order valence-electron chi connectivity index (χ1n) is 9.78. The third-order valence-corrected chi connectivity index (χ3v) is 4.53. The molecule has 3 amide bonds. The minimum absolute atomic E-state index is 0.161. The van der Waals surface area contributed by atoms with E-state index in [1.165, 1.54) is 26.2 Å². The number of carbonyl (C=O) groups is 3. The van der Waals surface area contributed by atoms with Gasteiger partial charge in [-0.3, -0.25) is 14.4 Å². The lowest BCUT2D eigenvalue weighted by Gasteiger charge is -2.15. The van der Waals surface area contributed by atoms with Gasteiger partial charge in [-0.1, -0.05) is 23.7 Å². The third-order valence-electron chi connectivity index (χ3n) is 4.22. The second kappa shape index (κ2) is 11.9. The molecular weight excluding hydrogens is 422 g/mol. The molecule has 0 heterocycles. The number of methoxy groups -OCH3 is 1. The number of carbonyl (C=O) groups excluding carboxylic acids is 3. The Morgan fingerprint density at radius 1 is 1.00 bits per heavy atom. The molecule has 0 spiro atoms. The maximum atomic E-state index is 12.9. The summed E-state index contributed by atoms with van der Waals surface area (Å²) in [5.74, 6) is -0.894. The monoisotopic (exact) mass is 447 g/mol. The summed E-state index contributed by atoms with van der Waals surface area (Å²) in [7, 11) is 1.40. The van der Waals surface area contributed by atoms with Gasteiger partial charge in [-0.05, 0) is 31.5 Å². The molecule has 0 aliphatic rings. The molecule has 2 aromatic carbocycles. The number of amides is 3. The minimum Gasteiger partial charge on any atom is -0.496 e. The van der Waals surface area contributed by atoms with Gasteiger partial charge in [0, 0.05) is 32.7 Å². The van der Waals surface area contributed by atoms with Crippen molar-refractivity contribution >= 4 is 40.7 Å². The molecule has 9 heteroatoms. The Bertz CT molecular complexity index is 949. The fraction of sp³-hybridized carbons (Fsp3) is 0.318. The fourth-order valence-corrected chi connectivity index (χ4v) is 2.99. The van der Waals surface area contributed by atoms with Crippen LogP contribution in [0.3, 0.4) is 0 Å². The zero-order chi connectivity index (χ0) is 22.8. The number of hydrogen-bond donors (Lipinski definition) is 3. The highest BCUT2D eigenvalue weighted by Gasteiger charge is 2.19. The van der Waals surface area contributed by atoms with Crippen LogP contribution in [0.4, 0.5) is 11.4 Å². The third kappa shape index (κ3) is 6.97. The molecule has 0 aliphatic heterocycles. The van der Waals surface area contributed by atoms with Crippen LogP contribution >= 0.6 is 11.6 Å². The average Bonchev–Trinajstić information content (AvgIpc) is 2.74. The summed E-state index contributed by atoms with van der Waals surface area (Å²) in [5.41, 5.74) is 1.16. The van der Waals surface area contributed by atoms with E-state index in [2.05, 4.69) is 16.0 Å². The minimum atomic E-state index is -0.510. The molecule has 0 bridgehead atoms. The number of hydrogen-bond acceptors (Lipinski definition) is 5. The van der Waals surface area contributed by atoms with E-state index in [0.717, 1.165) is 0 Å². The molecular formula is C22H26ClN3O5. The molecule has 0 unspecified atom stereocenters. The van der Waals surface area contributed by atoms with Gasteiger partial charge in [0.2, 0.25) is 5.91 Å². The molecule has 0 saturated carbocycles. The molecule has 0 aliphatic carbocycles. The number of benzene rings is 2. The van der Waals surface area contributed by atoms with Crippen LogP contribution in [0.25, 0.3) is 0 Å². The lowest BCUT2D eigenvalue weighted by atomic mass is 10.1. The number of rotatable bonds is 10. The SMILES string of the molecule is CCOCCCNC(=O)c1ccccc1NC(=O)c1cc(Cl)c(NC(C)=O)cc1OC. The summed E-state index contributed by atoms with van der Waals surface area (Å²) >= 11 is 6.20. The van der Waals surface area contributed by atoms with Crippen LogP contribution in [0.15, 0.2) is 36.4 Å². The quantitative estimate of drug-likeness (QED) is 0.481. The number of halogens is 1. The van der Waals surface area contributed by atoms with Crippen molar-refractivity contribution < 1.29 is 23.9 Å².